The molecule has 1 amide bonds. The summed E-state index contributed by atoms with van der Waals surface area (Å²) in [6.07, 6.45) is 2.80. The van der Waals surface area contributed by atoms with Gasteiger partial charge in [0.25, 0.3) is 0 Å². The van der Waals surface area contributed by atoms with E-state index in [1.807, 2.05) is 37.5 Å². The standard InChI is InChI=1S/C17H31N4O/c1-16(2,3)15(22)20-11-8-9-13-14(10-12-20)21(17(4,5)6)19(7)18-13/h8-12H2,1-7H3/q+1. The maximum atomic E-state index is 12.6. The summed E-state index contributed by atoms with van der Waals surface area (Å²) < 4.78 is 2.27. The van der Waals surface area contributed by atoms with E-state index >= 15 is 0 Å². The minimum atomic E-state index is -0.309. The summed E-state index contributed by atoms with van der Waals surface area (Å²) in [6.45, 7) is 14.2. The molecule has 124 valence electrons. The smallest absolute Gasteiger partial charge is 0.227 e. The monoisotopic (exact) mass is 307 g/mol. The van der Waals surface area contributed by atoms with Crippen molar-refractivity contribution in [3.8, 4) is 0 Å². The molecule has 1 aliphatic heterocycles. The van der Waals surface area contributed by atoms with Gasteiger partial charge < -0.3 is 4.90 Å². The summed E-state index contributed by atoms with van der Waals surface area (Å²) in [5.41, 5.74) is 2.16. The zero-order chi connectivity index (χ0) is 16.7. The summed E-state index contributed by atoms with van der Waals surface area (Å²) in [5.74, 6) is 0.252. The lowest BCUT2D eigenvalue weighted by Crippen LogP contribution is -2.59. The number of hydrogen-bond acceptors (Lipinski definition) is 2. The molecule has 0 radical (unpaired) electrons. The molecule has 0 N–H and O–H groups in total. The van der Waals surface area contributed by atoms with Gasteiger partial charge in [-0.1, -0.05) is 20.8 Å². The number of aryl methyl sites for hydroxylation is 2. The second-order valence-corrected chi connectivity index (χ2v) is 8.36. The molecular formula is C17H31N4O+. The Balaban J connectivity index is 2.30. The fraction of sp³-hybridized carbons (Fsp3) is 0.824. The molecule has 0 aliphatic carbocycles. The van der Waals surface area contributed by atoms with Crippen LogP contribution in [-0.4, -0.2) is 33.8 Å². The third-order valence-corrected chi connectivity index (χ3v) is 4.17. The van der Waals surface area contributed by atoms with Crippen molar-refractivity contribution in [2.75, 3.05) is 13.1 Å². The highest BCUT2D eigenvalue weighted by molar-refractivity contribution is 5.81. The molecule has 2 rings (SSSR count). The molecule has 2 heterocycles. The number of nitrogens with zero attached hydrogens (tertiary/aromatic N) is 4. The van der Waals surface area contributed by atoms with Gasteiger partial charge in [0.15, 0.2) is 5.69 Å². The van der Waals surface area contributed by atoms with Crippen molar-refractivity contribution in [2.24, 2.45) is 12.5 Å². The Morgan fingerprint density at radius 3 is 2.27 bits per heavy atom. The first-order valence-corrected chi connectivity index (χ1v) is 8.29. The molecule has 0 atom stereocenters. The van der Waals surface area contributed by atoms with Crippen LogP contribution in [0.25, 0.3) is 0 Å². The van der Waals surface area contributed by atoms with Crippen LogP contribution in [0, 0.1) is 5.41 Å². The summed E-state index contributed by atoms with van der Waals surface area (Å²) in [6, 6.07) is 0. The summed E-state index contributed by atoms with van der Waals surface area (Å²) in [7, 11) is 2.01. The Bertz CT molecular complexity index is 560. The van der Waals surface area contributed by atoms with Crippen LogP contribution in [0.3, 0.4) is 0 Å². The van der Waals surface area contributed by atoms with Crippen LogP contribution in [0.2, 0.25) is 0 Å². The molecule has 0 bridgehead atoms. The van der Waals surface area contributed by atoms with Crippen molar-refractivity contribution in [3.63, 3.8) is 0 Å². The van der Waals surface area contributed by atoms with E-state index in [1.165, 1.54) is 11.4 Å². The van der Waals surface area contributed by atoms with Gasteiger partial charge in [-0.05, 0) is 32.0 Å². The topological polar surface area (TPSA) is 42.0 Å². The van der Waals surface area contributed by atoms with Gasteiger partial charge in [-0.25, -0.2) is 0 Å². The first kappa shape index (κ1) is 17.0. The molecule has 1 aliphatic rings. The van der Waals surface area contributed by atoms with Gasteiger partial charge >= 0.3 is 0 Å². The highest BCUT2D eigenvalue weighted by Gasteiger charge is 2.35. The number of fused-ring (bicyclic) bond motifs is 1. The Hall–Kier alpha value is -1.39. The van der Waals surface area contributed by atoms with E-state index in [2.05, 4.69) is 25.5 Å². The van der Waals surface area contributed by atoms with Crippen molar-refractivity contribution >= 4 is 5.91 Å². The maximum Gasteiger partial charge on any atom is 0.227 e. The van der Waals surface area contributed by atoms with Crippen molar-refractivity contribution in [2.45, 2.75) is 66.3 Å². The summed E-state index contributed by atoms with van der Waals surface area (Å²) in [4.78, 5) is 16.6. The lowest BCUT2D eigenvalue weighted by atomic mass is 9.94. The highest BCUT2D eigenvalue weighted by Crippen LogP contribution is 2.21. The quantitative estimate of drug-likeness (QED) is 0.686. The van der Waals surface area contributed by atoms with Crippen LogP contribution in [-0.2, 0) is 30.2 Å². The van der Waals surface area contributed by atoms with E-state index in [4.69, 9.17) is 5.10 Å². The summed E-state index contributed by atoms with van der Waals surface area (Å²) in [5, 5.41) is 4.71. The number of amides is 1. The third-order valence-electron chi connectivity index (χ3n) is 4.17. The Morgan fingerprint density at radius 1 is 1.09 bits per heavy atom. The predicted molar refractivity (Wildman–Crippen MR) is 86.5 cm³/mol. The molecule has 5 heteroatoms. The zero-order valence-corrected chi connectivity index (χ0v) is 15.2. The van der Waals surface area contributed by atoms with E-state index < -0.39 is 0 Å². The van der Waals surface area contributed by atoms with Crippen LogP contribution in [0.15, 0.2) is 0 Å². The molecule has 0 unspecified atom stereocenters. The average molecular weight is 307 g/mol. The van der Waals surface area contributed by atoms with Crippen LogP contribution >= 0.6 is 0 Å². The lowest BCUT2D eigenvalue weighted by Gasteiger charge is -2.30. The van der Waals surface area contributed by atoms with E-state index in [9.17, 15) is 4.79 Å². The minimum absolute atomic E-state index is 0.00655. The molecule has 1 aromatic heterocycles. The maximum absolute atomic E-state index is 12.6. The molecule has 0 saturated heterocycles. The molecule has 5 nitrogen and oxygen atoms in total. The molecule has 0 saturated carbocycles. The van der Waals surface area contributed by atoms with Crippen molar-refractivity contribution in [1.29, 1.82) is 0 Å². The van der Waals surface area contributed by atoms with Crippen LogP contribution in [0.1, 0.15) is 59.4 Å². The van der Waals surface area contributed by atoms with E-state index in [0.717, 1.165) is 32.4 Å². The van der Waals surface area contributed by atoms with Gasteiger partial charge in [-0.2, -0.15) is 4.68 Å². The molecule has 0 fully saturated rings. The summed E-state index contributed by atoms with van der Waals surface area (Å²) >= 11 is 0. The first-order valence-electron chi connectivity index (χ1n) is 8.29. The van der Waals surface area contributed by atoms with Gasteiger partial charge in [0.1, 0.15) is 5.54 Å². The van der Waals surface area contributed by atoms with Gasteiger partial charge in [-0.3, -0.25) is 4.79 Å². The highest BCUT2D eigenvalue weighted by atomic mass is 16.2. The zero-order valence-electron chi connectivity index (χ0n) is 15.2. The van der Waals surface area contributed by atoms with Crippen LogP contribution < -0.4 is 4.68 Å². The van der Waals surface area contributed by atoms with Gasteiger partial charge in [0.2, 0.25) is 11.6 Å². The molecular weight excluding hydrogens is 276 g/mol. The number of aromatic nitrogens is 3. The van der Waals surface area contributed by atoms with Gasteiger partial charge in [0, 0.05) is 36.4 Å². The number of hydrogen-bond donors (Lipinski definition) is 0. The lowest BCUT2D eigenvalue weighted by molar-refractivity contribution is -0.832. The molecule has 0 aromatic carbocycles. The van der Waals surface area contributed by atoms with Gasteiger partial charge in [0.05, 0.1) is 7.05 Å². The Labute approximate surface area is 134 Å². The third kappa shape index (κ3) is 3.33. The van der Waals surface area contributed by atoms with Crippen molar-refractivity contribution in [3.05, 3.63) is 11.4 Å². The van der Waals surface area contributed by atoms with Crippen molar-refractivity contribution < 1.29 is 9.48 Å². The normalized spacial score (nSPS) is 17.0. The number of carbonyl (C=O) groups excluding carboxylic acids is 1. The van der Waals surface area contributed by atoms with E-state index in [1.54, 1.807) is 0 Å². The van der Waals surface area contributed by atoms with Crippen LogP contribution in [0.4, 0.5) is 0 Å². The number of rotatable bonds is 0. The second kappa shape index (κ2) is 5.67. The Kier molecular flexibility index (Phi) is 4.37. The SMILES string of the molecule is Cn1nc2c([n+]1C(C)(C)C)CCN(C(=O)C(C)(C)C)CCC2. The average Bonchev–Trinajstić information content (AvgIpc) is 2.63. The van der Waals surface area contributed by atoms with E-state index in [0.29, 0.717) is 0 Å². The first-order chi connectivity index (χ1) is 10.0. The molecule has 22 heavy (non-hydrogen) atoms. The Morgan fingerprint density at radius 2 is 1.73 bits per heavy atom. The molecule has 0 spiro atoms. The van der Waals surface area contributed by atoms with E-state index in [-0.39, 0.29) is 16.9 Å². The fourth-order valence-electron chi connectivity index (χ4n) is 3.33. The van der Waals surface area contributed by atoms with Gasteiger partial charge in [-0.15, -0.1) is 0 Å². The fourth-order valence-corrected chi connectivity index (χ4v) is 3.33. The largest absolute Gasteiger partial charge is 0.342 e. The predicted octanol–water partition coefficient (Wildman–Crippen LogP) is 1.83. The molecule has 1 aromatic rings. The minimum Gasteiger partial charge on any atom is -0.342 e. The van der Waals surface area contributed by atoms with Crippen LogP contribution in [0.5, 0.6) is 0 Å². The number of carbonyl (C=O) groups is 1. The van der Waals surface area contributed by atoms with Crippen molar-refractivity contribution in [1.82, 2.24) is 14.8 Å². The second-order valence-electron chi connectivity index (χ2n) is 8.36.